The Morgan fingerprint density at radius 2 is 2.00 bits per heavy atom. The number of aryl methyl sites for hydroxylation is 1. The molecule has 2 heterocycles. The third-order valence-corrected chi connectivity index (χ3v) is 4.72. The molecule has 2 aliphatic rings. The van der Waals surface area contributed by atoms with Crippen LogP contribution in [0.15, 0.2) is 42.5 Å². The summed E-state index contributed by atoms with van der Waals surface area (Å²) in [4.78, 5) is 26.1. The lowest BCUT2D eigenvalue weighted by Crippen LogP contribution is -2.36. The van der Waals surface area contributed by atoms with Crippen molar-refractivity contribution in [1.29, 1.82) is 0 Å². The molecule has 0 spiro atoms. The van der Waals surface area contributed by atoms with Crippen LogP contribution in [0, 0.1) is 0 Å². The van der Waals surface area contributed by atoms with Gasteiger partial charge in [0.05, 0.1) is 13.1 Å². The van der Waals surface area contributed by atoms with Gasteiger partial charge in [0.25, 0.3) is 0 Å². The van der Waals surface area contributed by atoms with Crippen LogP contribution >= 0.6 is 0 Å². The average Bonchev–Trinajstić information content (AvgIpc) is 2.96. The SMILES string of the molecule is O=C1CCCc2cc(NC(=O)N3CCOc4ccccc4C3)ccc2N1. The predicted octanol–water partition coefficient (Wildman–Crippen LogP) is 3.39. The van der Waals surface area contributed by atoms with Gasteiger partial charge in [0.2, 0.25) is 5.91 Å². The molecule has 0 unspecified atom stereocenters. The first-order chi connectivity index (χ1) is 12.7. The highest BCUT2D eigenvalue weighted by molar-refractivity contribution is 5.94. The van der Waals surface area contributed by atoms with E-state index >= 15 is 0 Å². The second-order valence-electron chi connectivity index (χ2n) is 6.58. The Hall–Kier alpha value is -3.02. The molecule has 2 aromatic rings. The van der Waals surface area contributed by atoms with Crippen molar-refractivity contribution < 1.29 is 14.3 Å². The van der Waals surface area contributed by atoms with Gasteiger partial charge in [-0.1, -0.05) is 18.2 Å². The Bertz CT molecular complexity index is 850. The molecule has 3 amide bonds. The van der Waals surface area contributed by atoms with Gasteiger partial charge in [0.15, 0.2) is 0 Å². The topological polar surface area (TPSA) is 70.7 Å². The fraction of sp³-hybridized carbons (Fsp3) is 0.300. The van der Waals surface area contributed by atoms with Crippen molar-refractivity contribution in [1.82, 2.24) is 4.90 Å². The molecule has 0 saturated carbocycles. The first-order valence-corrected chi connectivity index (χ1v) is 8.88. The number of para-hydroxylation sites is 1. The molecule has 4 rings (SSSR count). The van der Waals surface area contributed by atoms with Crippen LogP contribution in [0.3, 0.4) is 0 Å². The van der Waals surface area contributed by atoms with Crippen LogP contribution in [0.2, 0.25) is 0 Å². The first-order valence-electron chi connectivity index (χ1n) is 8.88. The number of hydrogen-bond acceptors (Lipinski definition) is 3. The molecule has 26 heavy (non-hydrogen) atoms. The van der Waals surface area contributed by atoms with Gasteiger partial charge in [0, 0.05) is 23.4 Å². The monoisotopic (exact) mass is 351 g/mol. The largest absolute Gasteiger partial charge is 0.491 e. The number of nitrogens with one attached hydrogen (secondary N) is 2. The maximum atomic E-state index is 12.7. The lowest BCUT2D eigenvalue weighted by Gasteiger charge is -2.21. The van der Waals surface area contributed by atoms with Gasteiger partial charge in [0.1, 0.15) is 12.4 Å². The Kier molecular flexibility index (Phi) is 4.48. The van der Waals surface area contributed by atoms with Gasteiger partial charge in [-0.15, -0.1) is 0 Å². The highest BCUT2D eigenvalue weighted by Crippen LogP contribution is 2.26. The molecule has 0 atom stereocenters. The van der Waals surface area contributed by atoms with Crippen molar-refractivity contribution in [2.75, 3.05) is 23.8 Å². The third kappa shape index (κ3) is 3.49. The maximum absolute atomic E-state index is 12.7. The minimum Gasteiger partial charge on any atom is -0.491 e. The summed E-state index contributed by atoms with van der Waals surface area (Å²) < 4.78 is 5.72. The van der Waals surface area contributed by atoms with E-state index < -0.39 is 0 Å². The van der Waals surface area contributed by atoms with Gasteiger partial charge in [-0.05, 0) is 42.7 Å². The van der Waals surface area contributed by atoms with Gasteiger partial charge in [-0.2, -0.15) is 0 Å². The summed E-state index contributed by atoms with van der Waals surface area (Å²) in [5.41, 5.74) is 3.63. The summed E-state index contributed by atoms with van der Waals surface area (Å²) in [5, 5.41) is 5.88. The summed E-state index contributed by atoms with van der Waals surface area (Å²) in [6.07, 6.45) is 2.17. The van der Waals surface area contributed by atoms with Crippen LogP contribution in [0.1, 0.15) is 24.0 Å². The molecular formula is C20H21N3O3. The summed E-state index contributed by atoms with van der Waals surface area (Å²) in [7, 11) is 0. The lowest BCUT2D eigenvalue weighted by molar-refractivity contribution is -0.116. The standard InChI is InChI=1S/C20H21N3O3/c24-19-7-3-5-14-12-16(8-9-17(14)22-19)21-20(25)23-10-11-26-18-6-2-1-4-15(18)13-23/h1-2,4,6,8-9,12H,3,5,7,10-11,13H2,(H,21,25)(H,22,24). The van der Waals surface area contributed by atoms with E-state index in [0.29, 0.717) is 26.1 Å². The van der Waals surface area contributed by atoms with Crippen molar-refractivity contribution in [3.63, 3.8) is 0 Å². The molecule has 0 radical (unpaired) electrons. The number of fused-ring (bicyclic) bond motifs is 2. The number of hydrogen-bond donors (Lipinski definition) is 2. The van der Waals surface area contributed by atoms with Crippen LogP contribution in [0.25, 0.3) is 0 Å². The van der Waals surface area contributed by atoms with Crippen molar-refractivity contribution in [2.24, 2.45) is 0 Å². The molecule has 0 fully saturated rings. The molecule has 134 valence electrons. The van der Waals surface area contributed by atoms with Gasteiger partial charge < -0.3 is 20.3 Å². The molecule has 6 heteroatoms. The van der Waals surface area contributed by atoms with E-state index in [-0.39, 0.29) is 11.9 Å². The normalized spacial score (nSPS) is 16.3. The Morgan fingerprint density at radius 3 is 2.92 bits per heavy atom. The number of nitrogens with zero attached hydrogens (tertiary/aromatic N) is 1. The Balaban J connectivity index is 1.48. The molecule has 2 aromatic carbocycles. The summed E-state index contributed by atoms with van der Waals surface area (Å²) >= 11 is 0. The molecule has 0 saturated heterocycles. The van der Waals surface area contributed by atoms with Crippen LogP contribution in [-0.4, -0.2) is 30.0 Å². The van der Waals surface area contributed by atoms with Crippen LogP contribution < -0.4 is 15.4 Å². The van der Waals surface area contributed by atoms with Crippen molar-refractivity contribution in [2.45, 2.75) is 25.8 Å². The van der Waals surface area contributed by atoms with E-state index in [4.69, 9.17) is 4.74 Å². The molecule has 0 bridgehead atoms. The molecule has 0 aromatic heterocycles. The number of benzene rings is 2. The van der Waals surface area contributed by atoms with Crippen molar-refractivity contribution in [3.8, 4) is 5.75 Å². The second kappa shape index (κ2) is 7.07. The van der Waals surface area contributed by atoms with Crippen LogP contribution in [0.4, 0.5) is 16.2 Å². The zero-order valence-electron chi connectivity index (χ0n) is 14.5. The van der Waals surface area contributed by atoms with Crippen LogP contribution in [0.5, 0.6) is 5.75 Å². The number of rotatable bonds is 1. The van der Waals surface area contributed by atoms with E-state index in [1.165, 1.54) is 0 Å². The van der Waals surface area contributed by atoms with Gasteiger partial charge >= 0.3 is 6.03 Å². The lowest BCUT2D eigenvalue weighted by atomic mass is 10.1. The number of anilines is 2. The van der Waals surface area contributed by atoms with E-state index in [9.17, 15) is 9.59 Å². The maximum Gasteiger partial charge on any atom is 0.322 e. The molecule has 2 aliphatic heterocycles. The quantitative estimate of drug-likeness (QED) is 0.827. The number of urea groups is 1. The minimum atomic E-state index is -0.150. The van der Waals surface area contributed by atoms with E-state index in [1.807, 2.05) is 42.5 Å². The number of ether oxygens (including phenoxy) is 1. The zero-order valence-corrected chi connectivity index (χ0v) is 14.5. The van der Waals surface area contributed by atoms with Crippen molar-refractivity contribution in [3.05, 3.63) is 53.6 Å². The van der Waals surface area contributed by atoms with Crippen LogP contribution in [-0.2, 0) is 17.8 Å². The van der Waals surface area contributed by atoms with E-state index in [0.717, 1.165) is 41.1 Å². The Morgan fingerprint density at radius 1 is 1.12 bits per heavy atom. The minimum absolute atomic E-state index is 0.0452. The molecular weight excluding hydrogens is 330 g/mol. The fourth-order valence-electron chi connectivity index (χ4n) is 3.35. The van der Waals surface area contributed by atoms with Gasteiger partial charge in [-0.3, -0.25) is 4.79 Å². The first kappa shape index (κ1) is 16.4. The fourth-order valence-corrected chi connectivity index (χ4v) is 3.35. The number of carbonyl (C=O) groups excluding carboxylic acids is 2. The van der Waals surface area contributed by atoms with Gasteiger partial charge in [-0.25, -0.2) is 4.79 Å². The predicted molar refractivity (Wildman–Crippen MR) is 99.4 cm³/mol. The summed E-state index contributed by atoms with van der Waals surface area (Å²) in [6.45, 7) is 1.52. The molecule has 6 nitrogen and oxygen atoms in total. The molecule has 2 N–H and O–H groups in total. The average molecular weight is 351 g/mol. The smallest absolute Gasteiger partial charge is 0.322 e. The molecule has 0 aliphatic carbocycles. The second-order valence-corrected chi connectivity index (χ2v) is 6.58. The zero-order chi connectivity index (χ0) is 17.9. The van der Waals surface area contributed by atoms with Crippen molar-refractivity contribution >= 4 is 23.3 Å². The third-order valence-electron chi connectivity index (χ3n) is 4.72. The van der Waals surface area contributed by atoms with E-state index in [2.05, 4.69) is 10.6 Å². The summed E-state index contributed by atoms with van der Waals surface area (Å²) in [5.74, 6) is 0.882. The summed E-state index contributed by atoms with van der Waals surface area (Å²) in [6, 6.07) is 13.3. The number of amides is 3. The number of carbonyl (C=O) groups is 2. The highest BCUT2D eigenvalue weighted by atomic mass is 16.5. The highest BCUT2D eigenvalue weighted by Gasteiger charge is 2.20. The van der Waals surface area contributed by atoms with E-state index in [1.54, 1.807) is 4.90 Å². The Labute approximate surface area is 152 Å².